The van der Waals surface area contributed by atoms with Crippen molar-refractivity contribution in [2.75, 3.05) is 26.2 Å². The summed E-state index contributed by atoms with van der Waals surface area (Å²) in [6, 6.07) is 15.9. The van der Waals surface area contributed by atoms with E-state index in [1.54, 1.807) is 12.1 Å². The Hall–Kier alpha value is -2.81. The van der Waals surface area contributed by atoms with E-state index in [1.165, 1.54) is 23.4 Å². The number of nitrogens with zero attached hydrogens (tertiary/aromatic N) is 3. The first kappa shape index (κ1) is 21.4. The zero-order valence-corrected chi connectivity index (χ0v) is 18.4. The van der Waals surface area contributed by atoms with Crippen molar-refractivity contribution in [1.29, 1.82) is 0 Å². The maximum absolute atomic E-state index is 12.9. The predicted octanol–water partition coefficient (Wildman–Crippen LogP) is 3.36. The third-order valence-electron chi connectivity index (χ3n) is 5.52. The van der Waals surface area contributed by atoms with Crippen LogP contribution in [0, 0.1) is 6.92 Å². The van der Waals surface area contributed by atoms with E-state index in [2.05, 4.69) is 9.88 Å². The number of carbonyl (C=O) groups is 1. The second kappa shape index (κ2) is 8.74. The molecule has 31 heavy (non-hydrogen) atoms. The Morgan fingerprint density at radius 2 is 1.65 bits per heavy atom. The monoisotopic (exact) mass is 439 g/mol. The van der Waals surface area contributed by atoms with E-state index in [-0.39, 0.29) is 10.7 Å². The van der Waals surface area contributed by atoms with Gasteiger partial charge in [-0.1, -0.05) is 30.3 Å². The Morgan fingerprint density at radius 3 is 2.26 bits per heavy atom. The molecule has 8 heteroatoms. The Labute approximate surface area is 182 Å². The van der Waals surface area contributed by atoms with Crippen LogP contribution >= 0.6 is 0 Å². The number of hydrogen-bond acceptors (Lipinski definition) is 6. The maximum Gasteiger partial charge on any atom is 0.243 e. The number of Topliss-reactive ketones (excluding diaryl/α,β-unsaturated/α-hetero) is 1. The molecular formula is C23H25N3O4S. The molecule has 0 unspecified atom stereocenters. The number of piperazine rings is 1. The van der Waals surface area contributed by atoms with Gasteiger partial charge in [-0.3, -0.25) is 9.69 Å². The van der Waals surface area contributed by atoms with Crippen LogP contribution in [-0.4, -0.2) is 54.6 Å². The van der Waals surface area contributed by atoms with E-state index in [0.29, 0.717) is 44.2 Å². The van der Waals surface area contributed by atoms with Crippen LogP contribution in [0.15, 0.2) is 63.9 Å². The number of hydrogen-bond donors (Lipinski definition) is 0. The van der Waals surface area contributed by atoms with E-state index in [4.69, 9.17) is 4.42 Å². The summed E-state index contributed by atoms with van der Waals surface area (Å²) in [4.78, 5) is 18.5. The zero-order chi connectivity index (χ0) is 22.0. The van der Waals surface area contributed by atoms with Crippen molar-refractivity contribution in [2.24, 2.45) is 0 Å². The van der Waals surface area contributed by atoms with Crippen molar-refractivity contribution >= 4 is 15.8 Å². The summed E-state index contributed by atoms with van der Waals surface area (Å²) in [7, 11) is -3.58. The molecule has 7 nitrogen and oxygen atoms in total. The highest BCUT2D eigenvalue weighted by Gasteiger charge is 2.29. The standard InChI is InChI=1S/C23H25N3O4S/c1-17(27)19-8-10-21(11-9-19)31(28,29)26-14-12-25(13-15-26)16-22-18(2)30-23(24-22)20-6-4-3-5-7-20/h3-11H,12-16H2,1-2H3. The van der Waals surface area contributed by atoms with Gasteiger partial charge in [0.25, 0.3) is 0 Å². The lowest BCUT2D eigenvalue weighted by atomic mass is 10.2. The summed E-state index contributed by atoms with van der Waals surface area (Å²) in [5.41, 5.74) is 2.31. The van der Waals surface area contributed by atoms with Crippen molar-refractivity contribution in [3.8, 4) is 11.5 Å². The third-order valence-corrected chi connectivity index (χ3v) is 7.43. The average Bonchev–Trinajstić information content (AvgIpc) is 3.15. The highest BCUT2D eigenvalue weighted by Crippen LogP contribution is 2.23. The van der Waals surface area contributed by atoms with Gasteiger partial charge in [0.2, 0.25) is 15.9 Å². The van der Waals surface area contributed by atoms with Crippen molar-refractivity contribution in [2.45, 2.75) is 25.3 Å². The Morgan fingerprint density at radius 1 is 1.00 bits per heavy atom. The normalized spacial score (nSPS) is 15.8. The molecule has 0 N–H and O–H groups in total. The average molecular weight is 440 g/mol. The Kier molecular flexibility index (Phi) is 6.04. The molecule has 3 aromatic rings. The van der Waals surface area contributed by atoms with Crippen molar-refractivity contribution in [3.05, 3.63) is 71.6 Å². The van der Waals surface area contributed by atoms with Gasteiger partial charge in [-0.25, -0.2) is 13.4 Å². The summed E-state index contributed by atoms with van der Waals surface area (Å²) >= 11 is 0. The van der Waals surface area contributed by atoms with Crippen LogP contribution in [0.5, 0.6) is 0 Å². The van der Waals surface area contributed by atoms with E-state index >= 15 is 0 Å². The first-order valence-electron chi connectivity index (χ1n) is 10.2. The number of carbonyl (C=O) groups excluding carboxylic acids is 1. The molecule has 0 radical (unpaired) electrons. The van der Waals surface area contributed by atoms with E-state index in [1.807, 2.05) is 37.3 Å². The lowest BCUT2D eigenvalue weighted by molar-refractivity contribution is 0.101. The molecule has 0 amide bonds. The molecule has 0 spiro atoms. The van der Waals surface area contributed by atoms with Crippen LogP contribution in [0.2, 0.25) is 0 Å². The van der Waals surface area contributed by atoms with E-state index < -0.39 is 10.0 Å². The van der Waals surface area contributed by atoms with Gasteiger partial charge in [0.05, 0.1) is 10.6 Å². The fraction of sp³-hybridized carbons (Fsp3) is 0.304. The minimum absolute atomic E-state index is 0.0869. The van der Waals surface area contributed by atoms with E-state index in [9.17, 15) is 13.2 Å². The van der Waals surface area contributed by atoms with Gasteiger partial charge >= 0.3 is 0 Å². The number of rotatable bonds is 6. The van der Waals surface area contributed by atoms with E-state index in [0.717, 1.165) is 17.0 Å². The predicted molar refractivity (Wildman–Crippen MR) is 117 cm³/mol. The first-order chi connectivity index (χ1) is 14.8. The first-order valence-corrected chi connectivity index (χ1v) is 11.6. The summed E-state index contributed by atoms with van der Waals surface area (Å²) < 4.78 is 33.2. The third kappa shape index (κ3) is 4.61. The molecule has 1 aromatic heterocycles. The van der Waals surface area contributed by atoms with Crippen LogP contribution < -0.4 is 0 Å². The Balaban J connectivity index is 1.40. The molecule has 1 aliphatic rings. The van der Waals surface area contributed by atoms with Crippen molar-refractivity contribution in [3.63, 3.8) is 0 Å². The van der Waals surface area contributed by atoms with Gasteiger partial charge in [0.15, 0.2) is 5.78 Å². The molecule has 162 valence electrons. The molecule has 1 saturated heterocycles. The number of ketones is 1. The second-order valence-corrected chi connectivity index (χ2v) is 9.59. The number of aryl methyl sites for hydroxylation is 1. The van der Waals surface area contributed by atoms with Gasteiger partial charge < -0.3 is 4.42 Å². The molecule has 1 fully saturated rings. The molecule has 2 aromatic carbocycles. The molecule has 0 aliphatic carbocycles. The zero-order valence-electron chi connectivity index (χ0n) is 17.6. The SMILES string of the molecule is CC(=O)c1ccc(S(=O)(=O)N2CCN(Cc3nc(-c4ccccc4)oc3C)CC2)cc1. The lowest BCUT2D eigenvalue weighted by Crippen LogP contribution is -2.48. The number of aromatic nitrogens is 1. The largest absolute Gasteiger partial charge is 0.441 e. The fourth-order valence-corrected chi connectivity index (χ4v) is 5.05. The molecule has 0 atom stereocenters. The summed E-state index contributed by atoms with van der Waals surface area (Å²) in [5, 5.41) is 0. The van der Waals surface area contributed by atoms with Crippen molar-refractivity contribution in [1.82, 2.24) is 14.2 Å². The molecule has 0 bridgehead atoms. The van der Waals surface area contributed by atoms with Gasteiger partial charge in [-0.2, -0.15) is 4.31 Å². The van der Waals surface area contributed by atoms with Crippen LogP contribution in [0.4, 0.5) is 0 Å². The molecule has 4 rings (SSSR count). The second-order valence-electron chi connectivity index (χ2n) is 7.65. The summed E-state index contributed by atoms with van der Waals surface area (Å²) in [6.07, 6.45) is 0. The highest BCUT2D eigenvalue weighted by molar-refractivity contribution is 7.89. The highest BCUT2D eigenvalue weighted by atomic mass is 32.2. The van der Waals surface area contributed by atoms with Gasteiger partial charge in [0.1, 0.15) is 5.76 Å². The van der Waals surface area contributed by atoms with Crippen LogP contribution in [-0.2, 0) is 16.6 Å². The topological polar surface area (TPSA) is 83.7 Å². The summed E-state index contributed by atoms with van der Waals surface area (Å²) in [5.74, 6) is 1.29. The number of oxazole rings is 1. The van der Waals surface area contributed by atoms with Crippen molar-refractivity contribution < 1.29 is 17.6 Å². The number of sulfonamides is 1. The van der Waals surface area contributed by atoms with Gasteiger partial charge in [-0.05, 0) is 38.1 Å². The van der Waals surface area contributed by atoms with Gasteiger partial charge in [-0.15, -0.1) is 0 Å². The minimum atomic E-state index is -3.58. The molecule has 2 heterocycles. The molecular weight excluding hydrogens is 414 g/mol. The summed E-state index contributed by atoms with van der Waals surface area (Å²) in [6.45, 7) is 6.00. The van der Waals surface area contributed by atoms with Crippen LogP contribution in [0.1, 0.15) is 28.7 Å². The smallest absolute Gasteiger partial charge is 0.243 e. The molecule has 1 aliphatic heterocycles. The van der Waals surface area contributed by atoms with Crippen LogP contribution in [0.3, 0.4) is 0 Å². The van der Waals surface area contributed by atoms with Gasteiger partial charge in [0, 0.05) is 43.9 Å². The lowest BCUT2D eigenvalue weighted by Gasteiger charge is -2.33. The Bertz CT molecular complexity index is 1160. The fourth-order valence-electron chi connectivity index (χ4n) is 3.63. The molecule has 0 saturated carbocycles. The minimum Gasteiger partial charge on any atom is -0.441 e. The quantitative estimate of drug-likeness (QED) is 0.548. The number of benzene rings is 2. The maximum atomic E-state index is 12.9. The van der Waals surface area contributed by atoms with Crippen LogP contribution in [0.25, 0.3) is 11.5 Å².